The van der Waals surface area contributed by atoms with Gasteiger partial charge in [0.2, 0.25) is 0 Å². The number of likely N-dealkylation sites (tertiary alicyclic amines) is 1. The number of pyridine rings is 1. The Morgan fingerprint density at radius 1 is 1.18 bits per heavy atom. The number of amides is 1. The Hall–Kier alpha value is -2.20. The van der Waals surface area contributed by atoms with Gasteiger partial charge in [-0.05, 0) is 41.6 Å². The first kappa shape index (κ1) is 13.5. The van der Waals surface area contributed by atoms with Crippen molar-refractivity contribution in [1.82, 2.24) is 9.88 Å². The third-order valence-corrected chi connectivity index (χ3v) is 5.65. The van der Waals surface area contributed by atoms with Gasteiger partial charge in [-0.3, -0.25) is 9.78 Å². The Morgan fingerprint density at radius 2 is 1.91 bits per heavy atom. The van der Waals surface area contributed by atoms with Crippen LogP contribution in [-0.4, -0.2) is 28.9 Å². The van der Waals surface area contributed by atoms with Gasteiger partial charge in [0.15, 0.2) is 0 Å². The average molecular weight is 308 g/mol. The molecular weight excluding hydrogens is 292 g/mol. The van der Waals surface area contributed by atoms with E-state index < -0.39 is 0 Å². The van der Waals surface area contributed by atoms with Crippen molar-refractivity contribution in [3.63, 3.8) is 0 Å². The molecule has 3 nitrogen and oxygen atoms in total. The van der Waals surface area contributed by atoms with Crippen LogP contribution in [0.5, 0.6) is 0 Å². The number of fused-ring (bicyclic) bond motifs is 1. The molecule has 2 aromatic heterocycles. The molecule has 4 rings (SSSR count). The summed E-state index contributed by atoms with van der Waals surface area (Å²) in [5.41, 5.74) is 2.38. The van der Waals surface area contributed by atoms with Crippen molar-refractivity contribution in [1.29, 1.82) is 0 Å². The first-order chi connectivity index (χ1) is 10.7. The highest BCUT2D eigenvalue weighted by molar-refractivity contribution is 7.21. The van der Waals surface area contributed by atoms with Crippen LogP contribution in [0.3, 0.4) is 0 Å². The number of aromatic nitrogens is 1. The van der Waals surface area contributed by atoms with E-state index in [1.807, 2.05) is 48.5 Å². The fourth-order valence-corrected chi connectivity index (χ4v) is 4.19. The zero-order valence-electron chi connectivity index (χ0n) is 12.3. The molecule has 0 aliphatic carbocycles. The van der Waals surface area contributed by atoms with Crippen molar-refractivity contribution in [3.05, 3.63) is 64.8 Å². The molecule has 0 saturated carbocycles. The monoisotopic (exact) mass is 308 g/mol. The number of hydrogen-bond donors (Lipinski definition) is 0. The van der Waals surface area contributed by atoms with Crippen LogP contribution in [0.4, 0.5) is 0 Å². The maximum atomic E-state index is 12.7. The van der Waals surface area contributed by atoms with Crippen LogP contribution in [0, 0.1) is 6.92 Å². The molecule has 22 heavy (non-hydrogen) atoms. The minimum Gasteiger partial charge on any atom is -0.337 e. The van der Waals surface area contributed by atoms with E-state index in [1.165, 1.54) is 15.6 Å². The number of rotatable bonds is 2. The van der Waals surface area contributed by atoms with Gasteiger partial charge < -0.3 is 4.90 Å². The number of benzene rings is 1. The van der Waals surface area contributed by atoms with Gasteiger partial charge in [0.05, 0.1) is 4.88 Å². The third kappa shape index (κ3) is 2.11. The van der Waals surface area contributed by atoms with Gasteiger partial charge in [-0.1, -0.05) is 18.2 Å². The molecule has 1 fully saturated rings. The summed E-state index contributed by atoms with van der Waals surface area (Å²) < 4.78 is 1.19. The lowest BCUT2D eigenvalue weighted by Crippen LogP contribution is -2.48. The van der Waals surface area contributed by atoms with Crippen molar-refractivity contribution in [2.45, 2.75) is 12.8 Å². The summed E-state index contributed by atoms with van der Waals surface area (Å²) in [7, 11) is 0. The van der Waals surface area contributed by atoms with E-state index in [-0.39, 0.29) is 5.91 Å². The summed E-state index contributed by atoms with van der Waals surface area (Å²) in [6.45, 7) is 3.65. The minimum atomic E-state index is 0.170. The maximum absolute atomic E-state index is 12.7. The van der Waals surface area contributed by atoms with Crippen LogP contribution >= 0.6 is 11.3 Å². The van der Waals surface area contributed by atoms with E-state index in [0.29, 0.717) is 5.92 Å². The molecule has 3 aromatic rings. The quantitative estimate of drug-likeness (QED) is 0.720. The van der Waals surface area contributed by atoms with Crippen molar-refractivity contribution in [2.75, 3.05) is 13.1 Å². The number of carbonyl (C=O) groups is 1. The van der Waals surface area contributed by atoms with E-state index in [9.17, 15) is 4.79 Å². The molecule has 1 aliphatic rings. The summed E-state index contributed by atoms with van der Waals surface area (Å²) >= 11 is 1.61. The second kappa shape index (κ2) is 5.21. The van der Waals surface area contributed by atoms with Crippen molar-refractivity contribution >= 4 is 27.3 Å². The molecule has 1 saturated heterocycles. The molecule has 0 atom stereocenters. The van der Waals surface area contributed by atoms with Gasteiger partial charge >= 0.3 is 0 Å². The molecule has 1 aliphatic heterocycles. The zero-order chi connectivity index (χ0) is 15.1. The van der Waals surface area contributed by atoms with Crippen molar-refractivity contribution < 1.29 is 4.79 Å². The molecule has 1 amide bonds. The lowest BCUT2D eigenvalue weighted by Gasteiger charge is -2.39. The third-order valence-electron chi connectivity index (χ3n) is 4.38. The molecule has 3 heterocycles. The Balaban J connectivity index is 1.54. The Morgan fingerprint density at radius 3 is 2.64 bits per heavy atom. The number of hydrogen-bond acceptors (Lipinski definition) is 3. The highest BCUT2D eigenvalue weighted by Gasteiger charge is 2.33. The summed E-state index contributed by atoms with van der Waals surface area (Å²) in [6, 6.07) is 12.3. The molecule has 1 aromatic carbocycles. The minimum absolute atomic E-state index is 0.170. The lowest BCUT2D eigenvalue weighted by atomic mass is 9.92. The summed E-state index contributed by atoms with van der Waals surface area (Å²) in [4.78, 5) is 19.6. The van der Waals surface area contributed by atoms with E-state index in [4.69, 9.17) is 0 Å². The Kier molecular flexibility index (Phi) is 3.19. The van der Waals surface area contributed by atoms with Gasteiger partial charge in [0.25, 0.3) is 5.91 Å². The predicted octanol–water partition coefficient (Wildman–Crippen LogP) is 3.84. The van der Waals surface area contributed by atoms with Gasteiger partial charge in [-0.25, -0.2) is 0 Å². The SMILES string of the molecule is Cc1c(C(=O)N2CC(c3ccncc3)C2)sc2ccccc12. The smallest absolute Gasteiger partial charge is 0.264 e. The first-order valence-electron chi connectivity index (χ1n) is 7.41. The van der Waals surface area contributed by atoms with Gasteiger partial charge in [-0.15, -0.1) is 11.3 Å². The number of carbonyl (C=O) groups excluding carboxylic acids is 1. The zero-order valence-corrected chi connectivity index (χ0v) is 13.1. The maximum Gasteiger partial charge on any atom is 0.264 e. The highest BCUT2D eigenvalue weighted by Crippen LogP contribution is 2.34. The summed E-state index contributed by atoms with van der Waals surface area (Å²) in [5, 5.41) is 1.20. The van der Waals surface area contributed by atoms with E-state index in [2.05, 4.69) is 17.1 Å². The number of nitrogens with zero attached hydrogens (tertiary/aromatic N) is 2. The Labute approximate surface area is 133 Å². The number of thiophene rings is 1. The summed E-state index contributed by atoms with van der Waals surface area (Å²) in [6.07, 6.45) is 3.63. The van der Waals surface area contributed by atoms with Crippen LogP contribution < -0.4 is 0 Å². The number of aryl methyl sites for hydroxylation is 1. The van der Waals surface area contributed by atoms with Gasteiger partial charge in [0.1, 0.15) is 0 Å². The Bertz CT molecular complexity index is 835. The molecule has 4 heteroatoms. The van der Waals surface area contributed by atoms with Crippen LogP contribution in [0.2, 0.25) is 0 Å². The van der Waals surface area contributed by atoms with E-state index in [1.54, 1.807) is 11.3 Å². The van der Waals surface area contributed by atoms with Crippen LogP contribution in [-0.2, 0) is 0 Å². The standard InChI is InChI=1S/C18H16N2OS/c1-12-15-4-2-3-5-16(15)22-17(12)18(21)20-10-14(11-20)13-6-8-19-9-7-13/h2-9,14H,10-11H2,1H3. The van der Waals surface area contributed by atoms with Crippen LogP contribution in [0.15, 0.2) is 48.8 Å². The molecule has 0 radical (unpaired) electrons. The lowest BCUT2D eigenvalue weighted by molar-refractivity contribution is 0.0607. The van der Waals surface area contributed by atoms with Crippen molar-refractivity contribution in [3.8, 4) is 0 Å². The second-order valence-electron chi connectivity index (χ2n) is 5.74. The fourth-order valence-electron chi connectivity index (χ4n) is 3.01. The molecular formula is C18H16N2OS. The fraction of sp³-hybridized carbons (Fsp3) is 0.222. The predicted molar refractivity (Wildman–Crippen MR) is 89.4 cm³/mol. The topological polar surface area (TPSA) is 33.2 Å². The van der Waals surface area contributed by atoms with Crippen LogP contribution in [0.1, 0.15) is 26.7 Å². The van der Waals surface area contributed by atoms with E-state index >= 15 is 0 Å². The largest absolute Gasteiger partial charge is 0.337 e. The average Bonchev–Trinajstić information content (AvgIpc) is 2.84. The normalized spacial score (nSPS) is 15.0. The first-order valence-corrected chi connectivity index (χ1v) is 8.23. The van der Waals surface area contributed by atoms with E-state index in [0.717, 1.165) is 23.5 Å². The summed E-state index contributed by atoms with van der Waals surface area (Å²) in [5.74, 6) is 0.616. The molecule has 0 N–H and O–H groups in total. The molecule has 110 valence electrons. The van der Waals surface area contributed by atoms with Crippen molar-refractivity contribution in [2.24, 2.45) is 0 Å². The molecule has 0 unspecified atom stereocenters. The van der Waals surface area contributed by atoms with Gasteiger partial charge in [-0.2, -0.15) is 0 Å². The second-order valence-corrected chi connectivity index (χ2v) is 6.79. The van der Waals surface area contributed by atoms with Gasteiger partial charge in [0, 0.05) is 36.1 Å². The molecule has 0 spiro atoms. The molecule has 0 bridgehead atoms. The highest BCUT2D eigenvalue weighted by atomic mass is 32.1. The van der Waals surface area contributed by atoms with Crippen LogP contribution in [0.25, 0.3) is 10.1 Å².